The maximum atomic E-state index is 14.2. The molecule has 1 unspecified atom stereocenters. The summed E-state index contributed by atoms with van der Waals surface area (Å²) in [5.74, 6) is -1.71. The number of fused-ring (bicyclic) bond motifs is 1. The van der Waals surface area contributed by atoms with Gasteiger partial charge in [-0.3, -0.25) is 14.4 Å². The number of esters is 1. The monoisotopic (exact) mass is 496 g/mol. The number of nitrogens with two attached hydrogens (primary N) is 1. The first-order chi connectivity index (χ1) is 18.0. The summed E-state index contributed by atoms with van der Waals surface area (Å²) >= 11 is 0. The van der Waals surface area contributed by atoms with E-state index >= 15 is 0 Å². The van der Waals surface area contributed by atoms with Gasteiger partial charge < -0.3 is 15.8 Å². The van der Waals surface area contributed by atoms with Gasteiger partial charge in [0, 0.05) is 24.3 Å². The fraction of sp³-hybridized carbons (Fsp3) is 0.323. The van der Waals surface area contributed by atoms with Gasteiger partial charge >= 0.3 is 5.97 Å². The standard InChI is InChI=1S/C31H32N2O4/c32-28(35)31(16-15-24-13-7-8-14-26(24)31)37-29(36)30(17-19-33-20-18-30)27(34)21-25(22-9-3-1-4-10-22)23-11-5-2-6-12-23/h1-14,25,33H,15-21H2,(H2,32,35). The highest BCUT2D eigenvalue weighted by Crippen LogP contribution is 2.44. The Kier molecular flexibility index (Phi) is 6.94. The van der Waals surface area contributed by atoms with Crippen molar-refractivity contribution in [3.63, 3.8) is 0 Å². The van der Waals surface area contributed by atoms with E-state index in [1.165, 1.54) is 0 Å². The minimum absolute atomic E-state index is 0.156. The van der Waals surface area contributed by atoms with Crippen molar-refractivity contribution in [3.8, 4) is 0 Å². The van der Waals surface area contributed by atoms with Crippen LogP contribution in [-0.4, -0.2) is 30.7 Å². The Bertz CT molecular complexity index is 1250. The lowest BCUT2D eigenvalue weighted by molar-refractivity contribution is -0.182. The van der Waals surface area contributed by atoms with Crippen molar-refractivity contribution < 1.29 is 19.1 Å². The molecule has 1 amide bonds. The van der Waals surface area contributed by atoms with Gasteiger partial charge in [0.05, 0.1) is 0 Å². The number of ether oxygens (including phenoxy) is 1. The number of hydrogen-bond donors (Lipinski definition) is 2. The molecule has 1 heterocycles. The predicted molar refractivity (Wildman–Crippen MR) is 141 cm³/mol. The fourth-order valence-corrected chi connectivity index (χ4v) is 5.88. The van der Waals surface area contributed by atoms with Crippen LogP contribution in [0.4, 0.5) is 0 Å². The third-order valence-corrected chi connectivity index (χ3v) is 8.04. The molecule has 6 nitrogen and oxygen atoms in total. The van der Waals surface area contributed by atoms with Gasteiger partial charge in [-0.2, -0.15) is 0 Å². The van der Waals surface area contributed by atoms with E-state index in [0.29, 0.717) is 37.9 Å². The molecule has 6 heteroatoms. The number of benzene rings is 3. The highest BCUT2D eigenvalue weighted by molar-refractivity contribution is 6.05. The first kappa shape index (κ1) is 24.9. The topological polar surface area (TPSA) is 98.5 Å². The van der Waals surface area contributed by atoms with Crippen LogP contribution in [0.2, 0.25) is 0 Å². The van der Waals surface area contributed by atoms with Crippen LogP contribution in [0.5, 0.6) is 0 Å². The number of ketones is 1. The van der Waals surface area contributed by atoms with Gasteiger partial charge in [0.25, 0.3) is 5.91 Å². The Morgan fingerprint density at radius 1 is 0.811 bits per heavy atom. The Balaban J connectivity index is 1.48. The number of primary amides is 1. The van der Waals surface area contributed by atoms with Crippen LogP contribution < -0.4 is 11.1 Å². The second kappa shape index (κ2) is 10.3. The molecule has 3 aromatic rings. The largest absolute Gasteiger partial charge is 0.443 e. The number of carbonyl (C=O) groups is 3. The summed E-state index contributed by atoms with van der Waals surface area (Å²) in [5.41, 5.74) is 6.56. The van der Waals surface area contributed by atoms with Crippen LogP contribution >= 0.6 is 0 Å². The lowest BCUT2D eigenvalue weighted by atomic mass is 9.71. The first-order valence-electron chi connectivity index (χ1n) is 12.9. The summed E-state index contributed by atoms with van der Waals surface area (Å²) < 4.78 is 6.08. The smallest absolute Gasteiger partial charge is 0.321 e. The zero-order valence-corrected chi connectivity index (χ0v) is 20.8. The van der Waals surface area contributed by atoms with Crippen LogP contribution in [-0.2, 0) is 31.1 Å². The Morgan fingerprint density at radius 3 is 1.97 bits per heavy atom. The molecular formula is C31H32N2O4. The number of piperidine rings is 1. The van der Waals surface area contributed by atoms with Crippen molar-refractivity contribution in [3.05, 3.63) is 107 Å². The zero-order valence-electron chi connectivity index (χ0n) is 20.8. The minimum atomic E-state index is -1.55. The summed E-state index contributed by atoms with van der Waals surface area (Å²) in [6, 6.07) is 27.2. The van der Waals surface area contributed by atoms with Gasteiger partial charge in [-0.25, -0.2) is 0 Å². The molecule has 3 aromatic carbocycles. The van der Waals surface area contributed by atoms with E-state index in [9.17, 15) is 14.4 Å². The molecule has 1 atom stereocenters. The molecule has 37 heavy (non-hydrogen) atoms. The number of hydrogen-bond acceptors (Lipinski definition) is 5. The maximum Gasteiger partial charge on any atom is 0.321 e. The van der Waals surface area contributed by atoms with E-state index in [1.807, 2.05) is 78.9 Å². The highest BCUT2D eigenvalue weighted by Gasteiger charge is 2.54. The van der Waals surface area contributed by atoms with E-state index in [4.69, 9.17) is 10.5 Å². The summed E-state index contributed by atoms with van der Waals surface area (Å²) in [6.07, 6.45) is 1.66. The van der Waals surface area contributed by atoms with Crippen molar-refractivity contribution in [2.75, 3.05) is 13.1 Å². The molecule has 2 aliphatic rings. The van der Waals surface area contributed by atoms with Gasteiger partial charge in [0.1, 0.15) is 5.41 Å². The van der Waals surface area contributed by atoms with Crippen molar-refractivity contribution in [1.29, 1.82) is 0 Å². The molecule has 3 N–H and O–H groups in total. The quantitative estimate of drug-likeness (QED) is 0.363. The van der Waals surface area contributed by atoms with Crippen LogP contribution in [0.1, 0.15) is 53.9 Å². The predicted octanol–water partition coefficient (Wildman–Crippen LogP) is 4.02. The number of Topliss-reactive ketones (excluding diaryl/α,β-unsaturated/α-hetero) is 1. The second-order valence-corrected chi connectivity index (χ2v) is 10.1. The zero-order chi connectivity index (χ0) is 25.9. The molecule has 0 saturated carbocycles. The van der Waals surface area contributed by atoms with Crippen molar-refractivity contribution in [2.45, 2.75) is 43.6 Å². The molecule has 0 aromatic heterocycles. The van der Waals surface area contributed by atoms with Gasteiger partial charge in [-0.15, -0.1) is 0 Å². The minimum Gasteiger partial charge on any atom is -0.443 e. The molecule has 1 aliphatic carbocycles. The fourth-order valence-electron chi connectivity index (χ4n) is 5.88. The normalized spacial score (nSPS) is 20.2. The molecule has 1 fully saturated rings. The van der Waals surface area contributed by atoms with Crippen molar-refractivity contribution >= 4 is 17.7 Å². The Morgan fingerprint density at radius 2 is 1.38 bits per heavy atom. The van der Waals surface area contributed by atoms with E-state index in [2.05, 4.69) is 5.32 Å². The number of carbonyl (C=O) groups excluding carboxylic acids is 3. The number of rotatable bonds is 8. The number of amides is 1. The Hall–Kier alpha value is -3.77. The van der Waals surface area contributed by atoms with Gasteiger partial charge in [0.15, 0.2) is 5.78 Å². The molecule has 1 saturated heterocycles. The van der Waals surface area contributed by atoms with Gasteiger partial charge in [-0.05, 0) is 49.0 Å². The SMILES string of the molecule is NC(=O)C1(OC(=O)C2(C(=O)CC(c3ccccc3)c3ccccc3)CCNCC2)CCc2ccccc21. The lowest BCUT2D eigenvalue weighted by Gasteiger charge is -2.38. The third kappa shape index (κ3) is 4.58. The van der Waals surface area contributed by atoms with Gasteiger partial charge in [0.2, 0.25) is 5.60 Å². The molecular weight excluding hydrogens is 464 g/mol. The Labute approximate surface area is 217 Å². The average Bonchev–Trinajstić information content (AvgIpc) is 3.32. The summed E-state index contributed by atoms with van der Waals surface area (Å²) in [5, 5.41) is 3.26. The summed E-state index contributed by atoms with van der Waals surface area (Å²) in [6.45, 7) is 1.03. The molecule has 5 rings (SSSR count). The lowest BCUT2D eigenvalue weighted by Crippen LogP contribution is -2.53. The molecule has 190 valence electrons. The van der Waals surface area contributed by atoms with E-state index in [1.54, 1.807) is 6.07 Å². The summed E-state index contributed by atoms with van der Waals surface area (Å²) in [4.78, 5) is 41.0. The van der Waals surface area contributed by atoms with Crippen LogP contribution in [0.25, 0.3) is 0 Å². The first-order valence-corrected chi connectivity index (χ1v) is 12.9. The highest BCUT2D eigenvalue weighted by atomic mass is 16.6. The van der Waals surface area contributed by atoms with Crippen LogP contribution in [0, 0.1) is 5.41 Å². The molecule has 0 radical (unpaired) electrons. The molecule has 0 spiro atoms. The van der Waals surface area contributed by atoms with E-state index in [-0.39, 0.29) is 24.5 Å². The van der Waals surface area contributed by atoms with E-state index in [0.717, 1.165) is 16.7 Å². The maximum absolute atomic E-state index is 14.2. The van der Waals surface area contributed by atoms with E-state index < -0.39 is 22.9 Å². The van der Waals surface area contributed by atoms with Gasteiger partial charge in [-0.1, -0.05) is 84.9 Å². The summed E-state index contributed by atoms with van der Waals surface area (Å²) in [7, 11) is 0. The third-order valence-electron chi connectivity index (χ3n) is 8.04. The molecule has 0 bridgehead atoms. The number of aryl methyl sites for hydroxylation is 1. The number of nitrogens with one attached hydrogen (secondary N) is 1. The second-order valence-electron chi connectivity index (χ2n) is 10.1. The van der Waals surface area contributed by atoms with Crippen molar-refractivity contribution in [2.24, 2.45) is 11.1 Å². The van der Waals surface area contributed by atoms with Crippen LogP contribution in [0.15, 0.2) is 84.9 Å². The van der Waals surface area contributed by atoms with Crippen LogP contribution in [0.3, 0.4) is 0 Å². The van der Waals surface area contributed by atoms with Crippen molar-refractivity contribution in [1.82, 2.24) is 5.32 Å². The average molecular weight is 497 g/mol. The molecule has 1 aliphatic heterocycles.